The van der Waals surface area contributed by atoms with E-state index in [0.29, 0.717) is 12.5 Å². The van der Waals surface area contributed by atoms with Crippen LogP contribution in [0.3, 0.4) is 0 Å². The summed E-state index contributed by atoms with van der Waals surface area (Å²) in [6, 6.07) is 10.5. The Kier molecular flexibility index (Phi) is 6.09. The zero-order valence-corrected chi connectivity index (χ0v) is 16.2. The molecule has 1 aromatic carbocycles. The summed E-state index contributed by atoms with van der Waals surface area (Å²) in [6.07, 6.45) is 5.54. The average Bonchev–Trinajstić information content (AvgIpc) is 2.90. The van der Waals surface area contributed by atoms with Gasteiger partial charge in [-0.1, -0.05) is 42.0 Å². The van der Waals surface area contributed by atoms with Crippen LogP contribution in [0.15, 0.2) is 40.7 Å². The molecule has 0 spiro atoms. The second-order valence-electron chi connectivity index (χ2n) is 7.39. The van der Waals surface area contributed by atoms with E-state index in [9.17, 15) is 4.79 Å². The predicted molar refractivity (Wildman–Crippen MR) is 106 cm³/mol. The molecule has 0 bridgehead atoms. The number of hydrogen-bond donors (Lipinski definition) is 0. The second-order valence-corrected chi connectivity index (χ2v) is 7.39. The minimum Gasteiger partial charge on any atom is -0.299 e. The Hall–Kier alpha value is -2.14. The van der Waals surface area contributed by atoms with Crippen LogP contribution in [0.25, 0.3) is 6.08 Å². The van der Waals surface area contributed by atoms with Crippen LogP contribution in [-0.2, 0) is 20.0 Å². The first kappa shape index (κ1) is 18.6. The first-order chi connectivity index (χ1) is 12.6. The molecule has 1 fully saturated rings. The van der Waals surface area contributed by atoms with Gasteiger partial charge in [0.15, 0.2) is 0 Å². The lowest BCUT2D eigenvalue weighted by Gasteiger charge is -2.32. The molecule has 5 nitrogen and oxygen atoms in total. The van der Waals surface area contributed by atoms with Crippen molar-refractivity contribution in [3.05, 3.63) is 57.8 Å². The summed E-state index contributed by atoms with van der Waals surface area (Å²) >= 11 is 0. The van der Waals surface area contributed by atoms with Crippen LogP contribution in [-0.4, -0.2) is 38.9 Å². The van der Waals surface area contributed by atoms with Crippen LogP contribution >= 0.6 is 0 Å². The van der Waals surface area contributed by atoms with E-state index in [-0.39, 0.29) is 5.69 Å². The number of benzene rings is 1. The zero-order chi connectivity index (χ0) is 18.5. The van der Waals surface area contributed by atoms with Crippen LogP contribution in [0.5, 0.6) is 0 Å². The van der Waals surface area contributed by atoms with Crippen LogP contribution in [0.2, 0.25) is 0 Å². The summed E-state index contributed by atoms with van der Waals surface area (Å²) in [5.41, 5.74) is 2.67. The molecule has 0 amide bonds. The van der Waals surface area contributed by atoms with Crippen molar-refractivity contribution in [2.75, 3.05) is 19.6 Å². The Morgan fingerprint density at radius 3 is 2.58 bits per heavy atom. The Bertz CT molecular complexity index is 795. The number of aryl methyl sites for hydroxylation is 1. The van der Waals surface area contributed by atoms with Crippen molar-refractivity contribution < 1.29 is 0 Å². The fraction of sp³-hybridized carbons (Fsp3) is 0.524. The molecule has 5 heteroatoms. The van der Waals surface area contributed by atoms with Gasteiger partial charge in [-0.3, -0.25) is 9.47 Å². The van der Waals surface area contributed by atoms with Crippen LogP contribution in [0, 0.1) is 5.92 Å². The molecule has 3 rings (SSSR count). The number of rotatable bonds is 6. The fourth-order valence-corrected chi connectivity index (χ4v) is 3.86. The molecular formula is C21H30N4O. The lowest BCUT2D eigenvalue weighted by atomic mass is 9.93. The topological polar surface area (TPSA) is 43.1 Å². The van der Waals surface area contributed by atoms with E-state index >= 15 is 0 Å². The van der Waals surface area contributed by atoms with Crippen molar-refractivity contribution in [1.82, 2.24) is 19.2 Å². The third kappa shape index (κ3) is 4.52. The molecule has 0 aliphatic carbocycles. The molecule has 0 saturated carbocycles. The highest BCUT2D eigenvalue weighted by Gasteiger charge is 2.22. The van der Waals surface area contributed by atoms with Gasteiger partial charge in [-0.05, 0) is 51.3 Å². The van der Waals surface area contributed by atoms with Crippen molar-refractivity contribution in [2.24, 2.45) is 13.0 Å². The minimum atomic E-state index is 0.00149. The quantitative estimate of drug-likeness (QED) is 0.801. The van der Waals surface area contributed by atoms with Crippen molar-refractivity contribution in [3.63, 3.8) is 0 Å². The largest absolute Gasteiger partial charge is 0.345 e. The van der Waals surface area contributed by atoms with Crippen molar-refractivity contribution in [2.45, 2.75) is 39.7 Å². The third-order valence-corrected chi connectivity index (χ3v) is 5.27. The van der Waals surface area contributed by atoms with Crippen molar-refractivity contribution in [1.29, 1.82) is 0 Å². The van der Waals surface area contributed by atoms with Gasteiger partial charge in [0.05, 0.1) is 0 Å². The molecule has 2 heterocycles. The third-order valence-electron chi connectivity index (χ3n) is 5.27. The minimum absolute atomic E-state index is 0.00149. The lowest BCUT2D eigenvalue weighted by Crippen LogP contribution is -2.35. The van der Waals surface area contributed by atoms with Gasteiger partial charge in [0, 0.05) is 26.6 Å². The highest BCUT2D eigenvalue weighted by Crippen LogP contribution is 2.21. The van der Waals surface area contributed by atoms with E-state index in [0.717, 1.165) is 31.9 Å². The van der Waals surface area contributed by atoms with Gasteiger partial charge in [-0.15, -0.1) is 0 Å². The van der Waals surface area contributed by atoms with E-state index in [1.54, 1.807) is 11.6 Å². The Labute approximate surface area is 155 Å². The normalized spacial score (nSPS) is 17.0. The Morgan fingerprint density at radius 1 is 1.23 bits per heavy atom. The zero-order valence-electron chi connectivity index (χ0n) is 16.2. The van der Waals surface area contributed by atoms with E-state index in [1.165, 1.54) is 28.7 Å². The molecule has 140 valence electrons. The average molecular weight is 354 g/mol. The maximum Gasteiger partial charge on any atom is 0.345 e. The molecule has 1 aliphatic heterocycles. The molecule has 26 heavy (non-hydrogen) atoms. The number of aromatic nitrogens is 3. The van der Waals surface area contributed by atoms with Gasteiger partial charge >= 0.3 is 5.69 Å². The smallest absolute Gasteiger partial charge is 0.299 e. The van der Waals surface area contributed by atoms with Crippen LogP contribution in [0.4, 0.5) is 0 Å². The van der Waals surface area contributed by atoms with Gasteiger partial charge in [-0.2, -0.15) is 5.10 Å². The summed E-state index contributed by atoms with van der Waals surface area (Å²) in [5, 5.41) is 4.43. The Balaban J connectivity index is 1.52. The van der Waals surface area contributed by atoms with Gasteiger partial charge in [0.25, 0.3) is 0 Å². The molecule has 0 radical (unpaired) electrons. The molecule has 1 saturated heterocycles. The number of nitrogens with zero attached hydrogens (tertiary/aromatic N) is 4. The lowest BCUT2D eigenvalue weighted by molar-refractivity contribution is 0.195. The van der Waals surface area contributed by atoms with E-state index < -0.39 is 0 Å². The molecule has 1 aromatic heterocycles. The number of likely N-dealkylation sites (tertiary alicyclic amines) is 1. The molecule has 0 atom stereocenters. The second kappa shape index (κ2) is 8.49. The molecular weight excluding hydrogens is 324 g/mol. The van der Waals surface area contributed by atoms with Crippen LogP contribution in [0.1, 0.15) is 38.1 Å². The first-order valence-electron chi connectivity index (χ1n) is 9.64. The van der Waals surface area contributed by atoms with Crippen molar-refractivity contribution >= 4 is 6.08 Å². The number of piperidine rings is 1. The van der Waals surface area contributed by atoms with Crippen molar-refractivity contribution in [3.8, 4) is 0 Å². The van der Waals surface area contributed by atoms with Gasteiger partial charge in [0.1, 0.15) is 5.82 Å². The summed E-state index contributed by atoms with van der Waals surface area (Å²) < 4.78 is 3.27. The molecule has 0 N–H and O–H groups in total. The van der Waals surface area contributed by atoms with Gasteiger partial charge in [-0.25, -0.2) is 9.48 Å². The highest BCUT2D eigenvalue weighted by atomic mass is 16.2. The fourth-order valence-electron chi connectivity index (χ4n) is 3.86. The van der Waals surface area contributed by atoms with Crippen LogP contribution < -0.4 is 5.69 Å². The summed E-state index contributed by atoms with van der Waals surface area (Å²) in [7, 11) is 1.74. The van der Waals surface area contributed by atoms with Gasteiger partial charge < -0.3 is 0 Å². The molecule has 0 unspecified atom stereocenters. The summed E-state index contributed by atoms with van der Waals surface area (Å²) in [6.45, 7) is 8.20. The first-order valence-corrected chi connectivity index (χ1v) is 9.64. The standard InChI is InChI=1S/C21H30N4O/c1-4-25-20(22-23(3)21(25)26)15-19-10-12-24(13-11-19)16-17(2)14-18-8-6-5-7-9-18/h5-9,14,19H,4,10-13,15-16H2,1-3H3/b17-14+. The maximum atomic E-state index is 12.0. The van der Waals surface area contributed by atoms with E-state index in [1.807, 2.05) is 6.92 Å². The SMILES string of the molecule is CCn1c(CC2CCN(C/C(C)=C/c3ccccc3)CC2)nn(C)c1=O. The molecule has 2 aromatic rings. The van der Waals surface area contributed by atoms with Gasteiger partial charge in [0.2, 0.25) is 0 Å². The van der Waals surface area contributed by atoms with E-state index in [4.69, 9.17) is 0 Å². The molecule has 1 aliphatic rings. The maximum absolute atomic E-state index is 12.0. The van der Waals surface area contributed by atoms with E-state index in [2.05, 4.69) is 53.3 Å². The Morgan fingerprint density at radius 2 is 1.92 bits per heavy atom. The predicted octanol–water partition coefficient (Wildman–Crippen LogP) is 2.96. The highest BCUT2D eigenvalue weighted by molar-refractivity contribution is 5.52. The summed E-state index contributed by atoms with van der Waals surface area (Å²) in [5.74, 6) is 1.57. The summed E-state index contributed by atoms with van der Waals surface area (Å²) in [4.78, 5) is 14.6. The number of hydrogen-bond acceptors (Lipinski definition) is 3. The monoisotopic (exact) mass is 354 g/mol.